The number of Topliss-reactive ketones (excluding diaryl/α,β-unsaturated/α-hetero) is 1. The van der Waals surface area contributed by atoms with Crippen LogP contribution in [-0.2, 0) is 7.05 Å². The zero-order chi connectivity index (χ0) is 12.7. The standard InChI is InChI=1S/C14H12N2O2/c1-9(17)11-7-15-18-14(11)12-8-16(2)13-6-4-3-5-10(12)13/h3-8H,1-2H3. The molecule has 0 aliphatic rings. The molecule has 0 saturated heterocycles. The van der Waals surface area contributed by atoms with Crippen molar-refractivity contribution >= 4 is 16.7 Å². The molecule has 2 aromatic heterocycles. The third-order valence-electron chi connectivity index (χ3n) is 3.09. The Balaban J connectivity index is 2.32. The number of hydrogen-bond donors (Lipinski definition) is 0. The Hall–Kier alpha value is -2.36. The van der Waals surface area contributed by atoms with Gasteiger partial charge in [0.1, 0.15) is 0 Å². The largest absolute Gasteiger partial charge is 0.355 e. The molecule has 0 saturated carbocycles. The zero-order valence-electron chi connectivity index (χ0n) is 10.2. The second kappa shape index (κ2) is 3.84. The highest BCUT2D eigenvalue weighted by atomic mass is 16.5. The number of rotatable bonds is 2. The Morgan fingerprint density at radius 1 is 1.33 bits per heavy atom. The number of aryl methyl sites for hydroxylation is 1. The molecule has 18 heavy (non-hydrogen) atoms. The number of hydrogen-bond acceptors (Lipinski definition) is 3. The van der Waals surface area contributed by atoms with Crippen LogP contribution in [-0.4, -0.2) is 15.5 Å². The molecule has 0 bridgehead atoms. The van der Waals surface area contributed by atoms with Gasteiger partial charge in [-0.15, -0.1) is 0 Å². The summed E-state index contributed by atoms with van der Waals surface area (Å²) in [7, 11) is 1.97. The van der Waals surface area contributed by atoms with Crippen molar-refractivity contribution in [1.82, 2.24) is 9.72 Å². The summed E-state index contributed by atoms with van der Waals surface area (Å²) in [5.41, 5.74) is 2.51. The number of ketones is 1. The van der Waals surface area contributed by atoms with E-state index < -0.39 is 0 Å². The maximum Gasteiger partial charge on any atom is 0.179 e. The van der Waals surface area contributed by atoms with Gasteiger partial charge in [0.05, 0.1) is 11.8 Å². The Labute approximate surface area is 104 Å². The average Bonchev–Trinajstić information content (AvgIpc) is 2.95. The number of nitrogens with zero attached hydrogens (tertiary/aromatic N) is 2. The lowest BCUT2D eigenvalue weighted by molar-refractivity contribution is 0.101. The molecule has 4 heteroatoms. The van der Waals surface area contributed by atoms with Crippen molar-refractivity contribution in [2.24, 2.45) is 7.05 Å². The van der Waals surface area contributed by atoms with Crippen LogP contribution in [0, 0.1) is 0 Å². The molecule has 0 amide bonds. The predicted octanol–water partition coefficient (Wildman–Crippen LogP) is 3.04. The molecule has 3 aromatic rings. The van der Waals surface area contributed by atoms with Crippen LogP contribution in [0.5, 0.6) is 0 Å². The second-order valence-corrected chi connectivity index (χ2v) is 4.30. The van der Waals surface area contributed by atoms with Gasteiger partial charge in [0.25, 0.3) is 0 Å². The van der Waals surface area contributed by atoms with E-state index in [1.807, 2.05) is 42.1 Å². The summed E-state index contributed by atoms with van der Waals surface area (Å²) in [5, 5.41) is 4.79. The van der Waals surface area contributed by atoms with Gasteiger partial charge < -0.3 is 9.09 Å². The Kier molecular flexibility index (Phi) is 2.30. The summed E-state index contributed by atoms with van der Waals surface area (Å²) in [6, 6.07) is 7.99. The molecule has 2 heterocycles. The van der Waals surface area contributed by atoms with Gasteiger partial charge >= 0.3 is 0 Å². The summed E-state index contributed by atoms with van der Waals surface area (Å²) >= 11 is 0. The highest BCUT2D eigenvalue weighted by Gasteiger charge is 2.18. The van der Waals surface area contributed by atoms with Crippen LogP contribution >= 0.6 is 0 Å². The molecular formula is C14H12N2O2. The van der Waals surface area contributed by atoms with Crippen LogP contribution in [0.2, 0.25) is 0 Å². The summed E-state index contributed by atoms with van der Waals surface area (Å²) in [6.45, 7) is 1.52. The second-order valence-electron chi connectivity index (χ2n) is 4.30. The monoisotopic (exact) mass is 240 g/mol. The van der Waals surface area contributed by atoms with Crippen molar-refractivity contribution in [3.05, 3.63) is 42.2 Å². The predicted molar refractivity (Wildman–Crippen MR) is 68.4 cm³/mol. The molecule has 0 atom stereocenters. The fraction of sp³-hybridized carbons (Fsp3) is 0.143. The van der Waals surface area contributed by atoms with Gasteiger partial charge in [0.15, 0.2) is 11.5 Å². The van der Waals surface area contributed by atoms with Crippen molar-refractivity contribution in [2.45, 2.75) is 6.92 Å². The van der Waals surface area contributed by atoms with Gasteiger partial charge in [0.2, 0.25) is 0 Å². The fourth-order valence-corrected chi connectivity index (χ4v) is 2.21. The van der Waals surface area contributed by atoms with Crippen LogP contribution in [0.1, 0.15) is 17.3 Å². The minimum absolute atomic E-state index is 0.0424. The topological polar surface area (TPSA) is 48.0 Å². The van der Waals surface area contributed by atoms with E-state index in [-0.39, 0.29) is 5.78 Å². The van der Waals surface area contributed by atoms with E-state index >= 15 is 0 Å². The lowest BCUT2D eigenvalue weighted by atomic mass is 10.1. The smallest absolute Gasteiger partial charge is 0.179 e. The van der Waals surface area contributed by atoms with Gasteiger partial charge in [-0.2, -0.15) is 0 Å². The van der Waals surface area contributed by atoms with E-state index in [1.165, 1.54) is 13.1 Å². The highest BCUT2D eigenvalue weighted by Crippen LogP contribution is 2.32. The first kappa shape index (κ1) is 10.8. The molecule has 90 valence electrons. The van der Waals surface area contributed by atoms with Gasteiger partial charge in [0, 0.05) is 29.7 Å². The van der Waals surface area contributed by atoms with Crippen molar-refractivity contribution in [1.29, 1.82) is 0 Å². The number of carbonyl (C=O) groups is 1. The van der Waals surface area contributed by atoms with E-state index in [4.69, 9.17) is 4.52 Å². The van der Waals surface area contributed by atoms with E-state index in [0.717, 1.165) is 16.5 Å². The number of fused-ring (bicyclic) bond motifs is 1. The maximum absolute atomic E-state index is 11.5. The molecule has 0 unspecified atom stereocenters. The number of para-hydroxylation sites is 1. The average molecular weight is 240 g/mol. The van der Waals surface area contributed by atoms with Crippen LogP contribution in [0.3, 0.4) is 0 Å². The maximum atomic E-state index is 11.5. The summed E-state index contributed by atoms with van der Waals surface area (Å²) in [5.74, 6) is 0.499. The quantitative estimate of drug-likeness (QED) is 0.647. The normalized spacial score (nSPS) is 11.0. The summed E-state index contributed by atoms with van der Waals surface area (Å²) in [6.07, 6.45) is 3.43. The molecule has 3 rings (SSSR count). The molecule has 0 N–H and O–H groups in total. The third-order valence-corrected chi connectivity index (χ3v) is 3.09. The van der Waals surface area contributed by atoms with Crippen molar-refractivity contribution in [2.75, 3.05) is 0 Å². The van der Waals surface area contributed by atoms with Crippen molar-refractivity contribution in [3.63, 3.8) is 0 Å². The molecule has 0 spiro atoms. The lowest BCUT2D eigenvalue weighted by Crippen LogP contribution is -1.91. The SMILES string of the molecule is CC(=O)c1cnoc1-c1cn(C)c2ccccc12. The van der Waals surface area contributed by atoms with Gasteiger partial charge in [-0.1, -0.05) is 23.4 Å². The Morgan fingerprint density at radius 3 is 2.89 bits per heavy atom. The Bertz CT molecular complexity index is 737. The Morgan fingerprint density at radius 2 is 2.11 bits per heavy atom. The van der Waals surface area contributed by atoms with E-state index in [2.05, 4.69) is 5.16 Å². The van der Waals surface area contributed by atoms with Crippen LogP contribution in [0.25, 0.3) is 22.2 Å². The van der Waals surface area contributed by atoms with Gasteiger partial charge in [-0.05, 0) is 13.0 Å². The first-order valence-electron chi connectivity index (χ1n) is 5.68. The van der Waals surface area contributed by atoms with Gasteiger partial charge in [-0.3, -0.25) is 4.79 Å². The number of aromatic nitrogens is 2. The van der Waals surface area contributed by atoms with Gasteiger partial charge in [-0.25, -0.2) is 0 Å². The van der Waals surface area contributed by atoms with Crippen LogP contribution in [0.15, 0.2) is 41.2 Å². The van der Waals surface area contributed by atoms with E-state index in [0.29, 0.717) is 11.3 Å². The molecule has 0 fully saturated rings. The van der Waals surface area contributed by atoms with Crippen molar-refractivity contribution in [3.8, 4) is 11.3 Å². The van der Waals surface area contributed by atoms with Crippen LogP contribution in [0.4, 0.5) is 0 Å². The molecular weight excluding hydrogens is 228 g/mol. The first-order chi connectivity index (χ1) is 8.68. The lowest BCUT2D eigenvalue weighted by Gasteiger charge is -1.96. The van der Waals surface area contributed by atoms with E-state index in [1.54, 1.807) is 0 Å². The molecule has 0 radical (unpaired) electrons. The number of carbonyl (C=O) groups excluding carboxylic acids is 1. The zero-order valence-corrected chi connectivity index (χ0v) is 10.2. The summed E-state index contributed by atoms with van der Waals surface area (Å²) < 4.78 is 7.26. The minimum atomic E-state index is -0.0424. The van der Waals surface area contributed by atoms with Crippen LogP contribution < -0.4 is 0 Å². The third kappa shape index (κ3) is 1.46. The molecule has 0 aliphatic carbocycles. The fourth-order valence-electron chi connectivity index (χ4n) is 2.21. The molecule has 4 nitrogen and oxygen atoms in total. The number of benzene rings is 1. The highest BCUT2D eigenvalue weighted by molar-refractivity contribution is 6.04. The van der Waals surface area contributed by atoms with E-state index in [9.17, 15) is 4.79 Å². The first-order valence-corrected chi connectivity index (χ1v) is 5.68. The molecule has 1 aromatic carbocycles. The minimum Gasteiger partial charge on any atom is -0.355 e. The summed E-state index contributed by atoms with van der Waals surface area (Å²) in [4.78, 5) is 11.5. The molecule has 0 aliphatic heterocycles. The van der Waals surface area contributed by atoms with Crippen molar-refractivity contribution < 1.29 is 9.32 Å².